The Kier molecular flexibility index (Phi) is 3.12. The second kappa shape index (κ2) is 4.93. The van der Waals surface area contributed by atoms with Crippen LogP contribution in [0, 0.1) is 0 Å². The summed E-state index contributed by atoms with van der Waals surface area (Å²) in [5, 5.41) is 2.94. The number of halogens is 1. The molecular weight excluding hydrogens is 314 g/mol. The molecule has 0 saturated heterocycles. The van der Waals surface area contributed by atoms with E-state index in [-0.39, 0.29) is 6.79 Å². The fraction of sp³-hybridized carbons (Fsp3) is 0.167. The lowest BCUT2D eigenvalue weighted by molar-refractivity contribution is 0.174. The number of hydrogen-bond donors (Lipinski definition) is 1. The van der Waals surface area contributed by atoms with Crippen LogP contribution in [0.1, 0.15) is 0 Å². The second-order valence-electron chi connectivity index (χ2n) is 3.71. The molecule has 1 aliphatic rings. The molecule has 0 unspecified atom stereocenters. The van der Waals surface area contributed by atoms with Gasteiger partial charge in [-0.2, -0.15) is 0 Å². The normalized spacial score (nSPS) is 12.3. The second-order valence-corrected chi connectivity index (χ2v) is 4.50. The van der Waals surface area contributed by atoms with Gasteiger partial charge in [0.15, 0.2) is 11.5 Å². The van der Waals surface area contributed by atoms with Gasteiger partial charge in [0.05, 0.1) is 0 Å². The molecule has 1 N–H and O–H groups in total. The number of nitrogens with one attached hydrogen (secondary N) is 1. The zero-order chi connectivity index (χ0) is 13.2. The number of fused-ring (bicyclic) bond motifs is 1. The predicted octanol–water partition coefficient (Wildman–Crippen LogP) is 2.80. The van der Waals surface area contributed by atoms with Crippen LogP contribution in [0.4, 0.5) is 5.82 Å². The number of nitrogens with zero attached hydrogens (tertiary/aromatic N) is 2. The van der Waals surface area contributed by atoms with Crippen LogP contribution in [0.15, 0.2) is 29.0 Å². The third kappa shape index (κ3) is 2.28. The maximum Gasteiger partial charge on any atom is 0.238 e. The van der Waals surface area contributed by atoms with Crippen LogP contribution in [0.5, 0.6) is 23.1 Å². The van der Waals surface area contributed by atoms with Gasteiger partial charge < -0.3 is 19.5 Å². The summed E-state index contributed by atoms with van der Waals surface area (Å²) in [7, 11) is 1.78. The molecule has 19 heavy (non-hydrogen) atoms. The van der Waals surface area contributed by atoms with Crippen LogP contribution in [0.25, 0.3) is 0 Å². The number of anilines is 1. The third-order valence-corrected chi connectivity index (χ3v) is 3.27. The van der Waals surface area contributed by atoms with E-state index >= 15 is 0 Å². The summed E-state index contributed by atoms with van der Waals surface area (Å²) in [5.41, 5.74) is 0. The minimum absolute atomic E-state index is 0.236. The van der Waals surface area contributed by atoms with Crippen LogP contribution in [0.3, 0.4) is 0 Å². The van der Waals surface area contributed by atoms with Crippen molar-refractivity contribution >= 4 is 21.7 Å². The van der Waals surface area contributed by atoms with Crippen molar-refractivity contribution in [2.24, 2.45) is 0 Å². The van der Waals surface area contributed by atoms with Crippen molar-refractivity contribution < 1.29 is 14.2 Å². The topological polar surface area (TPSA) is 65.5 Å². The highest BCUT2D eigenvalue weighted by molar-refractivity contribution is 9.10. The number of hydrogen-bond acceptors (Lipinski definition) is 6. The van der Waals surface area contributed by atoms with Gasteiger partial charge >= 0.3 is 0 Å². The Morgan fingerprint density at radius 3 is 2.95 bits per heavy atom. The smallest absolute Gasteiger partial charge is 0.238 e. The third-order valence-electron chi connectivity index (χ3n) is 2.55. The van der Waals surface area contributed by atoms with Crippen molar-refractivity contribution in [1.29, 1.82) is 0 Å². The molecule has 0 radical (unpaired) electrons. The summed E-state index contributed by atoms with van der Waals surface area (Å²) < 4.78 is 16.9. The summed E-state index contributed by atoms with van der Waals surface area (Å²) in [6, 6.07) is 5.35. The van der Waals surface area contributed by atoms with E-state index in [0.29, 0.717) is 33.4 Å². The fourth-order valence-electron chi connectivity index (χ4n) is 1.65. The van der Waals surface area contributed by atoms with Crippen molar-refractivity contribution in [3.8, 4) is 23.1 Å². The average molecular weight is 324 g/mol. The first-order valence-corrected chi connectivity index (χ1v) is 6.33. The molecule has 0 amide bonds. The summed E-state index contributed by atoms with van der Waals surface area (Å²) in [4.78, 5) is 8.15. The Labute approximate surface area is 117 Å². The Morgan fingerprint density at radius 2 is 2.11 bits per heavy atom. The Morgan fingerprint density at radius 1 is 1.26 bits per heavy atom. The SMILES string of the molecule is CNc1ncnc(Oc2ccc3c(c2)OCO3)c1Br. The molecule has 98 valence electrons. The number of benzene rings is 1. The Balaban J connectivity index is 1.89. The van der Waals surface area contributed by atoms with Gasteiger partial charge in [0.25, 0.3) is 0 Å². The molecule has 0 fully saturated rings. The van der Waals surface area contributed by atoms with Crippen LogP contribution < -0.4 is 19.5 Å². The largest absolute Gasteiger partial charge is 0.454 e. The summed E-state index contributed by atoms with van der Waals surface area (Å²) in [6.45, 7) is 0.236. The monoisotopic (exact) mass is 323 g/mol. The zero-order valence-corrected chi connectivity index (χ0v) is 11.6. The molecule has 1 aromatic carbocycles. The lowest BCUT2D eigenvalue weighted by Gasteiger charge is -2.09. The first kappa shape index (κ1) is 12.0. The van der Waals surface area contributed by atoms with Crippen molar-refractivity contribution in [2.45, 2.75) is 0 Å². The van der Waals surface area contributed by atoms with Gasteiger partial charge in [0.1, 0.15) is 22.4 Å². The molecule has 1 aliphatic heterocycles. The molecule has 0 aliphatic carbocycles. The van der Waals surface area contributed by atoms with Gasteiger partial charge in [-0.05, 0) is 28.1 Å². The van der Waals surface area contributed by atoms with Crippen LogP contribution in [-0.4, -0.2) is 23.8 Å². The van der Waals surface area contributed by atoms with Gasteiger partial charge in [0, 0.05) is 13.1 Å². The van der Waals surface area contributed by atoms with E-state index in [9.17, 15) is 0 Å². The predicted molar refractivity (Wildman–Crippen MR) is 71.9 cm³/mol. The van der Waals surface area contributed by atoms with Gasteiger partial charge in [-0.25, -0.2) is 9.97 Å². The average Bonchev–Trinajstić information content (AvgIpc) is 2.88. The molecule has 2 heterocycles. The zero-order valence-electron chi connectivity index (χ0n) is 10.0. The standard InChI is InChI=1S/C12H10BrN3O3/c1-14-11-10(13)12(16-5-15-11)19-7-2-3-8-9(4-7)18-6-17-8/h2-5H,6H2,1H3,(H,14,15,16). The number of aromatic nitrogens is 2. The lowest BCUT2D eigenvalue weighted by atomic mass is 10.3. The molecule has 0 saturated carbocycles. The summed E-state index contributed by atoms with van der Waals surface area (Å²) in [6.07, 6.45) is 1.43. The minimum Gasteiger partial charge on any atom is -0.454 e. The molecule has 2 aromatic rings. The van der Waals surface area contributed by atoms with Gasteiger partial charge in [-0.1, -0.05) is 0 Å². The van der Waals surface area contributed by atoms with Gasteiger partial charge in [0.2, 0.25) is 12.7 Å². The fourth-order valence-corrected chi connectivity index (χ4v) is 2.14. The molecule has 0 spiro atoms. The molecule has 0 bridgehead atoms. The van der Waals surface area contributed by atoms with Crippen molar-refractivity contribution in [2.75, 3.05) is 19.2 Å². The first-order chi connectivity index (χ1) is 9.28. The van der Waals surface area contributed by atoms with E-state index in [1.807, 2.05) is 0 Å². The van der Waals surface area contributed by atoms with Crippen LogP contribution >= 0.6 is 15.9 Å². The maximum atomic E-state index is 5.70. The van der Waals surface area contributed by atoms with E-state index in [1.54, 1.807) is 25.2 Å². The Hall–Kier alpha value is -2.02. The van der Waals surface area contributed by atoms with Crippen LogP contribution in [0.2, 0.25) is 0 Å². The molecule has 3 rings (SSSR count). The van der Waals surface area contributed by atoms with Crippen molar-refractivity contribution in [3.05, 3.63) is 29.0 Å². The molecular formula is C12H10BrN3O3. The summed E-state index contributed by atoms with van der Waals surface area (Å²) in [5.74, 6) is 3.08. The molecule has 0 atom stereocenters. The van der Waals surface area contributed by atoms with Crippen molar-refractivity contribution in [3.63, 3.8) is 0 Å². The highest BCUT2D eigenvalue weighted by Crippen LogP contribution is 2.38. The maximum absolute atomic E-state index is 5.70. The molecule has 7 heteroatoms. The highest BCUT2D eigenvalue weighted by Gasteiger charge is 2.15. The number of ether oxygens (including phenoxy) is 3. The quantitative estimate of drug-likeness (QED) is 0.936. The Bertz CT molecular complexity index is 621. The summed E-state index contributed by atoms with van der Waals surface area (Å²) >= 11 is 3.39. The van der Waals surface area contributed by atoms with Gasteiger partial charge in [-0.15, -0.1) is 0 Å². The molecule has 6 nitrogen and oxygen atoms in total. The van der Waals surface area contributed by atoms with E-state index in [1.165, 1.54) is 6.33 Å². The highest BCUT2D eigenvalue weighted by atomic mass is 79.9. The lowest BCUT2D eigenvalue weighted by Crippen LogP contribution is -1.97. The first-order valence-electron chi connectivity index (χ1n) is 5.53. The van der Waals surface area contributed by atoms with E-state index < -0.39 is 0 Å². The van der Waals surface area contributed by atoms with Crippen molar-refractivity contribution in [1.82, 2.24) is 9.97 Å². The minimum atomic E-state index is 0.236. The van der Waals surface area contributed by atoms with E-state index in [0.717, 1.165) is 0 Å². The van der Waals surface area contributed by atoms with E-state index in [2.05, 4.69) is 31.2 Å². The number of rotatable bonds is 3. The van der Waals surface area contributed by atoms with Crippen LogP contribution in [-0.2, 0) is 0 Å². The van der Waals surface area contributed by atoms with Gasteiger partial charge in [-0.3, -0.25) is 0 Å². The van der Waals surface area contributed by atoms with E-state index in [4.69, 9.17) is 14.2 Å². The molecule has 1 aromatic heterocycles.